The number of thioether (sulfide) groups is 1. The number of hydrogen-bond donors (Lipinski definition) is 1. The molecule has 3 nitrogen and oxygen atoms in total. The molecule has 98 valence electrons. The molecule has 2 aliphatic rings. The number of para-hydroxylation sites is 1. The van der Waals surface area contributed by atoms with Crippen molar-refractivity contribution in [1.82, 2.24) is 4.90 Å². The number of fused-ring (bicyclic) bond motifs is 2. The molecular formula is C11H11BrCl2N2OS. The largest absolute Gasteiger partial charge is 0.369 e. The maximum atomic E-state index is 10.4. The van der Waals surface area contributed by atoms with Gasteiger partial charge in [-0.25, -0.2) is 4.99 Å². The van der Waals surface area contributed by atoms with Crippen LogP contribution in [0, 0.1) is 0 Å². The van der Waals surface area contributed by atoms with E-state index in [4.69, 9.17) is 11.6 Å². The number of amidine groups is 1. The smallest absolute Gasteiger partial charge is 0.167 e. The van der Waals surface area contributed by atoms with Crippen LogP contribution in [0.1, 0.15) is 5.56 Å². The van der Waals surface area contributed by atoms with Crippen LogP contribution in [0.4, 0.5) is 5.69 Å². The zero-order valence-electron chi connectivity index (χ0n) is 9.27. The number of nitrogens with zero attached hydrogens (tertiary/aromatic N) is 2. The number of halogens is 3. The van der Waals surface area contributed by atoms with Gasteiger partial charge in [-0.1, -0.05) is 23.9 Å². The van der Waals surface area contributed by atoms with Crippen LogP contribution in [0.5, 0.6) is 0 Å². The molecule has 1 aromatic rings. The minimum Gasteiger partial charge on any atom is -0.369 e. The lowest BCUT2D eigenvalue weighted by molar-refractivity contribution is -0.0256. The molecule has 0 spiro atoms. The molecule has 7 heteroatoms. The number of aliphatic hydroxyl groups is 1. The number of benzene rings is 1. The first-order chi connectivity index (χ1) is 8.14. The first kappa shape index (κ1) is 14.5. The van der Waals surface area contributed by atoms with Crippen molar-refractivity contribution in [2.45, 2.75) is 12.3 Å². The topological polar surface area (TPSA) is 35.8 Å². The highest BCUT2D eigenvalue weighted by Crippen LogP contribution is 2.42. The van der Waals surface area contributed by atoms with E-state index < -0.39 is 5.72 Å². The zero-order chi connectivity index (χ0) is 12.0. The number of hydrogen-bond acceptors (Lipinski definition) is 4. The molecule has 1 N–H and O–H groups in total. The van der Waals surface area contributed by atoms with Gasteiger partial charge in [0.05, 0.1) is 17.3 Å². The van der Waals surface area contributed by atoms with Gasteiger partial charge < -0.3 is 10.0 Å². The minimum atomic E-state index is -0.967. The van der Waals surface area contributed by atoms with Crippen molar-refractivity contribution in [3.63, 3.8) is 0 Å². The van der Waals surface area contributed by atoms with Crippen LogP contribution >= 0.6 is 51.7 Å². The molecule has 2 heterocycles. The molecule has 0 saturated carbocycles. The third kappa shape index (κ3) is 2.16. The SMILES string of the molecule is Cl.OC1(CCl)CSC2=Nc3c(Br)cccc3CN21. The van der Waals surface area contributed by atoms with E-state index in [1.165, 1.54) is 0 Å². The van der Waals surface area contributed by atoms with E-state index in [1.54, 1.807) is 11.8 Å². The van der Waals surface area contributed by atoms with Gasteiger partial charge >= 0.3 is 0 Å². The molecule has 0 amide bonds. The van der Waals surface area contributed by atoms with Crippen LogP contribution in [-0.2, 0) is 6.54 Å². The van der Waals surface area contributed by atoms with Gasteiger partial charge in [-0.3, -0.25) is 0 Å². The van der Waals surface area contributed by atoms with Crippen molar-refractivity contribution in [2.75, 3.05) is 11.6 Å². The van der Waals surface area contributed by atoms with E-state index in [-0.39, 0.29) is 18.3 Å². The molecule has 3 rings (SSSR count). The fourth-order valence-corrected chi connectivity index (χ4v) is 4.02. The predicted molar refractivity (Wildman–Crippen MR) is 82.2 cm³/mol. The molecule has 0 radical (unpaired) electrons. The fourth-order valence-electron chi connectivity index (χ4n) is 2.01. The summed E-state index contributed by atoms with van der Waals surface area (Å²) in [7, 11) is 0. The van der Waals surface area contributed by atoms with Crippen molar-refractivity contribution < 1.29 is 5.11 Å². The predicted octanol–water partition coefficient (Wildman–Crippen LogP) is 3.35. The molecule has 0 aromatic heterocycles. The lowest BCUT2D eigenvalue weighted by Gasteiger charge is -2.35. The quantitative estimate of drug-likeness (QED) is 0.771. The Morgan fingerprint density at radius 2 is 2.33 bits per heavy atom. The number of alkyl halides is 1. The van der Waals surface area contributed by atoms with E-state index in [2.05, 4.69) is 20.9 Å². The fraction of sp³-hybridized carbons (Fsp3) is 0.364. The normalized spacial score (nSPS) is 25.1. The molecule has 1 unspecified atom stereocenters. The van der Waals surface area contributed by atoms with Crippen LogP contribution in [0.3, 0.4) is 0 Å². The summed E-state index contributed by atoms with van der Waals surface area (Å²) in [5.74, 6) is 0.767. The summed E-state index contributed by atoms with van der Waals surface area (Å²) >= 11 is 10.9. The number of rotatable bonds is 1. The Morgan fingerprint density at radius 3 is 3.06 bits per heavy atom. The summed E-state index contributed by atoms with van der Waals surface area (Å²) in [6.45, 7) is 0.657. The average molecular weight is 370 g/mol. The summed E-state index contributed by atoms with van der Waals surface area (Å²) in [4.78, 5) is 6.48. The van der Waals surface area contributed by atoms with Crippen molar-refractivity contribution >= 4 is 62.6 Å². The molecule has 0 bridgehead atoms. The minimum absolute atomic E-state index is 0. The van der Waals surface area contributed by atoms with Gasteiger partial charge in [0.2, 0.25) is 0 Å². The number of aliphatic imine (C=N–C) groups is 1. The van der Waals surface area contributed by atoms with Crippen LogP contribution < -0.4 is 0 Å². The highest BCUT2D eigenvalue weighted by atomic mass is 79.9. The lowest BCUT2D eigenvalue weighted by Crippen LogP contribution is -2.49. The Balaban J connectivity index is 0.00000120. The highest BCUT2D eigenvalue weighted by molar-refractivity contribution is 9.10. The van der Waals surface area contributed by atoms with Crippen LogP contribution in [0.25, 0.3) is 0 Å². The summed E-state index contributed by atoms with van der Waals surface area (Å²) < 4.78 is 0.990. The van der Waals surface area contributed by atoms with Crippen molar-refractivity contribution in [3.8, 4) is 0 Å². The zero-order valence-corrected chi connectivity index (χ0v) is 13.2. The van der Waals surface area contributed by atoms with E-state index in [0.29, 0.717) is 12.3 Å². The molecule has 2 aliphatic heterocycles. The molecular weight excluding hydrogens is 359 g/mol. The van der Waals surface area contributed by atoms with Gasteiger partial charge in [0.25, 0.3) is 0 Å². The van der Waals surface area contributed by atoms with Gasteiger partial charge in [-0.15, -0.1) is 24.0 Å². The molecule has 1 atom stereocenters. The van der Waals surface area contributed by atoms with Crippen molar-refractivity contribution in [1.29, 1.82) is 0 Å². The van der Waals surface area contributed by atoms with Crippen LogP contribution in [-0.4, -0.2) is 32.5 Å². The molecule has 1 aromatic carbocycles. The Labute approximate surface area is 129 Å². The summed E-state index contributed by atoms with van der Waals surface area (Å²) in [5.41, 5.74) is 1.10. The second-order valence-corrected chi connectivity index (χ2v) is 6.20. The third-order valence-electron chi connectivity index (χ3n) is 2.99. The monoisotopic (exact) mass is 368 g/mol. The Morgan fingerprint density at radius 1 is 1.56 bits per heavy atom. The standard InChI is InChI=1S/C11H10BrClN2OS.ClH/c12-8-3-1-2-7-4-15-10(14-9(7)8)17-6-11(15,16)5-13;/h1-3,16H,4-6H2;1H. The molecule has 0 aliphatic carbocycles. The van der Waals surface area contributed by atoms with Gasteiger partial charge in [0.15, 0.2) is 10.9 Å². The Kier molecular flexibility index (Phi) is 4.19. The first-order valence-electron chi connectivity index (χ1n) is 5.19. The van der Waals surface area contributed by atoms with E-state index in [1.807, 2.05) is 23.1 Å². The maximum absolute atomic E-state index is 10.4. The summed E-state index contributed by atoms with van der Waals surface area (Å²) in [6.07, 6.45) is 0. The maximum Gasteiger partial charge on any atom is 0.167 e. The molecule has 1 fully saturated rings. The van der Waals surface area contributed by atoms with Crippen molar-refractivity contribution in [3.05, 3.63) is 28.2 Å². The first-order valence-corrected chi connectivity index (χ1v) is 7.50. The van der Waals surface area contributed by atoms with Crippen molar-refractivity contribution in [2.24, 2.45) is 4.99 Å². The average Bonchev–Trinajstić information content (AvgIpc) is 2.67. The Hall–Kier alpha value is 0.0600. The Bertz CT molecular complexity index is 514. The second kappa shape index (κ2) is 5.21. The van der Waals surface area contributed by atoms with Crippen LogP contribution in [0.2, 0.25) is 0 Å². The van der Waals surface area contributed by atoms with E-state index >= 15 is 0 Å². The van der Waals surface area contributed by atoms with Crippen LogP contribution in [0.15, 0.2) is 27.7 Å². The van der Waals surface area contributed by atoms with Gasteiger partial charge in [-0.2, -0.15) is 0 Å². The summed E-state index contributed by atoms with van der Waals surface area (Å²) in [5, 5.41) is 11.2. The van der Waals surface area contributed by atoms with Gasteiger partial charge in [-0.05, 0) is 27.6 Å². The lowest BCUT2D eigenvalue weighted by atomic mass is 10.1. The third-order valence-corrected chi connectivity index (χ3v) is 5.23. The molecule has 1 saturated heterocycles. The van der Waals surface area contributed by atoms with E-state index in [9.17, 15) is 5.11 Å². The summed E-state index contributed by atoms with van der Waals surface area (Å²) in [6, 6.07) is 5.98. The molecule has 18 heavy (non-hydrogen) atoms. The second-order valence-electron chi connectivity index (χ2n) is 4.13. The van der Waals surface area contributed by atoms with E-state index in [0.717, 1.165) is 20.9 Å². The highest BCUT2D eigenvalue weighted by Gasteiger charge is 2.44. The van der Waals surface area contributed by atoms with Gasteiger partial charge in [0.1, 0.15) is 0 Å². The van der Waals surface area contributed by atoms with Gasteiger partial charge in [0, 0.05) is 11.0 Å².